The van der Waals surface area contributed by atoms with Crippen molar-refractivity contribution in [2.24, 2.45) is 0 Å². The summed E-state index contributed by atoms with van der Waals surface area (Å²) in [5.74, 6) is 0.268. The van der Waals surface area contributed by atoms with Crippen molar-refractivity contribution in [3.63, 3.8) is 0 Å². The molecule has 156 valence electrons. The van der Waals surface area contributed by atoms with Crippen LogP contribution in [0.5, 0.6) is 5.75 Å². The average Bonchev–Trinajstić information content (AvgIpc) is 2.78. The van der Waals surface area contributed by atoms with Gasteiger partial charge in [0.2, 0.25) is 0 Å². The maximum absolute atomic E-state index is 13.6. The number of aromatic nitrogens is 1. The number of carbonyl (C=O) groups is 1. The molecule has 0 aliphatic heterocycles. The third-order valence-electron chi connectivity index (χ3n) is 5.48. The Morgan fingerprint density at radius 1 is 0.935 bits per heavy atom. The van der Waals surface area contributed by atoms with E-state index >= 15 is 0 Å². The van der Waals surface area contributed by atoms with E-state index in [4.69, 9.17) is 4.74 Å². The van der Waals surface area contributed by atoms with Gasteiger partial charge in [0.05, 0.1) is 24.7 Å². The summed E-state index contributed by atoms with van der Waals surface area (Å²) < 4.78 is 5.41. The molecule has 3 aromatic carbocycles. The summed E-state index contributed by atoms with van der Waals surface area (Å²) in [7, 11) is 1.54. The molecule has 4 rings (SSSR count). The van der Waals surface area contributed by atoms with Crippen LogP contribution >= 0.6 is 0 Å². The van der Waals surface area contributed by atoms with Gasteiger partial charge in [0.15, 0.2) is 0 Å². The van der Waals surface area contributed by atoms with Gasteiger partial charge in [-0.1, -0.05) is 48.5 Å². The summed E-state index contributed by atoms with van der Waals surface area (Å²) in [4.78, 5) is 31.2. The largest absolute Gasteiger partial charge is 0.496 e. The Hall–Kier alpha value is -3.86. The van der Waals surface area contributed by atoms with Gasteiger partial charge in [-0.15, -0.1) is 0 Å². The summed E-state index contributed by atoms with van der Waals surface area (Å²) in [5.41, 5.74) is 4.27. The number of H-pyrrole nitrogens is 1. The number of nitrogens with one attached hydrogen (secondary N) is 1. The number of nitrogens with zero attached hydrogens (tertiary/aromatic N) is 1. The van der Waals surface area contributed by atoms with E-state index in [9.17, 15) is 9.59 Å². The van der Waals surface area contributed by atoms with Crippen LogP contribution in [-0.4, -0.2) is 18.0 Å². The first-order chi connectivity index (χ1) is 15.0. The van der Waals surface area contributed by atoms with Crippen LogP contribution in [0.15, 0.2) is 77.6 Å². The van der Waals surface area contributed by atoms with Crippen LogP contribution in [0.2, 0.25) is 0 Å². The molecule has 0 atom stereocenters. The standard InChI is InChI=1S/C26H24N2O3/c1-17-9-4-6-13-22(17)28(26(30)21-12-5-7-14-23(21)31-3)16-20-15-19-11-8-10-18(2)24(19)27-25(20)29/h4-15H,16H2,1-3H3,(H,27,29). The zero-order chi connectivity index (χ0) is 22.0. The lowest BCUT2D eigenvalue weighted by Gasteiger charge is -2.25. The fourth-order valence-corrected chi connectivity index (χ4v) is 3.82. The molecule has 0 spiro atoms. The Kier molecular flexibility index (Phi) is 5.58. The Morgan fingerprint density at radius 3 is 2.42 bits per heavy atom. The topological polar surface area (TPSA) is 62.4 Å². The van der Waals surface area contributed by atoms with E-state index in [-0.39, 0.29) is 18.0 Å². The molecule has 0 bridgehead atoms. The molecule has 0 saturated heterocycles. The van der Waals surface area contributed by atoms with Gasteiger partial charge in [-0.05, 0) is 54.6 Å². The molecular weight excluding hydrogens is 388 g/mol. The first-order valence-corrected chi connectivity index (χ1v) is 10.1. The number of amides is 1. The molecule has 1 heterocycles. The van der Waals surface area contributed by atoms with Crippen LogP contribution in [0, 0.1) is 13.8 Å². The van der Waals surface area contributed by atoms with Gasteiger partial charge < -0.3 is 14.6 Å². The lowest BCUT2D eigenvalue weighted by atomic mass is 10.1. The van der Waals surface area contributed by atoms with Crippen molar-refractivity contribution in [1.29, 1.82) is 0 Å². The number of anilines is 1. The summed E-state index contributed by atoms with van der Waals surface area (Å²) in [6, 6.07) is 22.5. The van der Waals surface area contributed by atoms with Crippen LogP contribution < -0.4 is 15.2 Å². The van der Waals surface area contributed by atoms with E-state index in [1.165, 1.54) is 0 Å². The van der Waals surface area contributed by atoms with E-state index in [0.29, 0.717) is 16.9 Å². The number of carbonyl (C=O) groups excluding carboxylic acids is 1. The quantitative estimate of drug-likeness (QED) is 0.502. The number of ether oxygens (including phenoxy) is 1. The fraction of sp³-hybridized carbons (Fsp3) is 0.154. The second-order valence-corrected chi connectivity index (χ2v) is 7.54. The van der Waals surface area contributed by atoms with Gasteiger partial charge in [0.25, 0.3) is 11.5 Å². The minimum absolute atomic E-state index is 0.140. The predicted molar refractivity (Wildman–Crippen MR) is 124 cm³/mol. The van der Waals surface area contributed by atoms with E-state index in [2.05, 4.69) is 4.98 Å². The van der Waals surface area contributed by atoms with Crippen molar-refractivity contribution in [2.45, 2.75) is 20.4 Å². The highest BCUT2D eigenvalue weighted by atomic mass is 16.5. The second kappa shape index (κ2) is 8.48. The molecule has 4 aromatic rings. The zero-order valence-corrected chi connectivity index (χ0v) is 17.8. The van der Waals surface area contributed by atoms with Gasteiger partial charge in [-0.2, -0.15) is 0 Å². The van der Waals surface area contributed by atoms with Gasteiger partial charge in [0.1, 0.15) is 5.75 Å². The summed E-state index contributed by atoms with van der Waals surface area (Å²) in [6.45, 7) is 4.05. The fourth-order valence-electron chi connectivity index (χ4n) is 3.82. The van der Waals surface area contributed by atoms with Gasteiger partial charge in [-0.3, -0.25) is 9.59 Å². The minimum Gasteiger partial charge on any atom is -0.496 e. The minimum atomic E-state index is -0.226. The van der Waals surface area contributed by atoms with Crippen molar-refractivity contribution >= 4 is 22.5 Å². The number of para-hydroxylation sites is 3. The van der Waals surface area contributed by atoms with Crippen LogP contribution in [0.1, 0.15) is 27.0 Å². The molecule has 0 saturated carbocycles. The number of rotatable bonds is 5. The van der Waals surface area contributed by atoms with Crippen LogP contribution in [0.25, 0.3) is 10.9 Å². The first-order valence-electron chi connectivity index (χ1n) is 10.1. The summed E-state index contributed by atoms with van der Waals surface area (Å²) >= 11 is 0. The Balaban J connectivity index is 1.84. The molecule has 1 amide bonds. The Bertz CT molecular complexity index is 1320. The van der Waals surface area contributed by atoms with Gasteiger partial charge in [0, 0.05) is 11.3 Å². The van der Waals surface area contributed by atoms with E-state index in [1.54, 1.807) is 30.2 Å². The Labute approximate surface area is 180 Å². The third-order valence-corrected chi connectivity index (χ3v) is 5.48. The number of methoxy groups -OCH3 is 1. The maximum atomic E-state index is 13.6. The van der Waals surface area contributed by atoms with Crippen molar-refractivity contribution in [1.82, 2.24) is 4.98 Å². The molecule has 5 nitrogen and oxygen atoms in total. The van der Waals surface area contributed by atoms with Crippen molar-refractivity contribution in [3.05, 3.63) is 105 Å². The molecule has 1 aromatic heterocycles. The number of fused-ring (bicyclic) bond motifs is 1. The van der Waals surface area contributed by atoms with Crippen LogP contribution in [0.4, 0.5) is 5.69 Å². The number of aryl methyl sites for hydroxylation is 2. The smallest absolute Gasteiger partial charge is 0.262 e. The number of hydrogen-bond acceptors (Lipinski definition) is 3. The first kappa shape index (κ1) is 20.4. The third kappa shape index (κ3) is 3.94. The molecule has 0 fully saturated rings. The summed E-state index contributed by atoms with van der Waals surface area (Å²) in [6.07, 6.45) is 0. The monoisotopic (exact) mass is 412 g/mol. The van der Waals surface area contributed by atoms with Crippen molar-refractivity contribution in [2.75, 3.05) is 12.0 Å². The van der Waals surface area contributed by atoms with Crippen molar-refractivity contribution < 1.29 is 9.53 Å². The highest BCUT2D eigenvalue weighted by Gasteiger charge is 2.23. The highest BCUT2D eigenvalue weighted by molar-refractivity contribution is 6.08. The predicted octanol–water partition coefficient (Wildman–Crippen LogP) is 5.00. The lowest BCUT2D eigenvalue weighted by Crippen LogP contribution is -2.33. The number of aromatic amines is 1. The van der Waals surface area contributed by atoms with E-state index in [0.717, 1.165) is 27.7 Å². The van der Waals surface area contributed by atoms with Crippen LogP contribution in [0.3, 0.4) is 0 Å². The van der Waals surface area contributed by atoms with Crippen molar-refractivity contribution in [3.8, 4) is 5.75 Å². The Morgan fingerprint density at radius 2 is 1.65 bits per heavy atom. The molecule has 0 aliphatic rings. The zero-order valence-electron chi connectivity index (χ0n) is 17.8. The molecule has 1 N–H and O–H groups in total. The van der Waals surface area contributed by atoms with Gasteiger partial charge >= 0.3 is 0 Å². The molecule has 0 radical (unpaired) electrons. The SMILES string of the molecule is COc1ccccc1C(=O)N(Cc1cc2cccc(C)c2[nH]c1=O)c1ccccc1C. The average molecular weight is 412 g/mol. The second-order valence-electron chi connectivity index (χ2n) is 7.54. The molecular formula is C26H24N2O3. The number of pyridine rings is 1. The molecule has 0 unspecified atom stereocenters. The maximum Gasteiger partial charge on any atom is 0.262 e. The molecule has 31 heavy (non-hydrogen) atoms. The normalized spacial score (nSPS) is 10.8. The number of benzene rings is 3. The molecule has 0 aliphatic carbocycles. The van der Waals surface area contributed by atoms with E-state index < -0.39 is 0 Å². The molecule has 5 heteroatoms. The number of hydrogen-bond donors (Lipinski definition) is 1. The highest BCUT2D eigenvalue weighted by Crippen LogP contribution is 2.27. The van der Waals surface area contributed by atoms with Crippen LogP contribution in [-0.2, 0) is 6.54 Å². The lowest BCUT2D eigenvalue weighted by molar-refractivity contribution is 0.0982. The summed E-state index contributed by atoms with van der Waals surface area (Å²) in [5, 5.41) is 0.934. The van der Waals surface area contributed by atoms with Gasteiger partial charge in [-0.25, -0.2) is 0 Å². The van der Waals surface area contributed by atoms with E-state index in [1.807, 2.05) is 68.4 Å².